The highest BCUT2D eigenvalue weighted by Crippen LogP contribution is 2.45. The van der Waals surface area contributed by atoms with Gasteiger partial charge in [-0.1, -0.05) is 0 Å². The molecule has 2 aliphatic heterocycles. The molecule has 0 unspecified atom stereocenters. The number of rotatable bonds is 5. The Kier molecular flexibility index (Phi) is 7.08. The maximum absolute atomic E-state index is 13.7. The average molecular weight is 535 g/mol. The highest BCUT2D eigenvalue weighted by atomic mass is 32.2. The summed E-state index contributed by atoms with van der Waals surface area (Å²) in [7, 11) is -0.683. The molecule has 4 rings (SSSR count). The molecule has 1 aromatic carbocycles. The summed E-state index contributed by atoms with van der Waals surface area (Å²) in [6.45, 7) is 10.4. The van der Waals surface area contributed by atoms with Crippen LogP contribution in [0.3, 0.4) is 0 Å². The van der Waals surface area contributed by atoms with Crippen molar-refractivity contribution in [1.29, 1.82) is 0 Å². The molecule has 0 radical (unpaired) electrons. The third-order valence-electron chi connectivity index (χ3n) is 6.48. The highest BCUT2D eigenvalue weighted by Gasteiger charge is 2.42. The summed E-state index contributed by atoms with van der Waals surface area (Å²) in [6.07, 6.45) is 0.653. The quantitative estimate of drug-likeness (QED) is 0.611. The largest absolute Gasteiger partial charge is 0.378 e. The lowest BCUT2D eigenvalue weighted by molar-refractivity contribution is 0.0302. The van der Waals surface area contributed by atoms with Crippen LogP contribution in [0.2, 0.25) is 0 Å². The van der Waals surface area contributed by atoms with E-state index in [9.17, 15) is 18.0 Å². The van der Waals surface area contributed by atoms with Gasteiger partial charge in [-0.15, -0.1) is 11.3 Å². The van der Waals surface area contributed by atoms with Gasteiger partial charge in [0.1, 0.15) is 5.00 Å². The van der Waals surface area contributed by atoms with Crippen molar-refractivity contribution in [3.05, 3.63) is 45.8 Å². The maximum Gasteiger partial charge on any atom is 0.257 e. The van der Waals surface area contributed by atoms with Crippen molar-refractivity contribution in [2.75, 3.05) is 45.7 Å². The lowest BCUT2D eigenvalue weighted by Crippen LogP contribution is -2.55. The molecule has 2 aromatic rings. The van der Waals surface area contributed by atoms with Gasteiger partial charge in [-0.3, -0.25) is 9.59 Å². The van der Waals surface area contributed by atoms with E-state index in [-0.39, 0.29) is 21.9 Å². The Labute approximate surface area is 216 Å². The topological polar surface area (TPSA) is 108 Å². The summed E-state index contributed by atoms with van der Waals surface area (Å²) in [4.78, 5) is 29.9. The van der Waals surface area contributed by atoms with Gasteiger partial charge in [-0.25, -0.2) is 12.7 Å². The second-order valence-corrected chi connectivity index (χ2v) is 13.8. The number of nitrogens with one attached hydrogen (secondary N) is 2. The van der Waals surface area contributed by atoms with Gasteiger partial charge < -0.3 is 20.3 Å². The van der Waals surface area contributed by atoms with Gasteiger partial charge in [0.25, 0.3) is 11.8 Å². The van der Waals surface area contributed by atoms with Gasteiger partial charge in [0.05, 0.1) is 23.7 Å². The molecule has 0 spiro atoms. The summed E-state index contributed by atoms with van der Waals surface area (Å²) in [5.74, 6) is -0.504. The van der Waals surface area contributed by atoms with Gasteiger partial charge in [-0.2, -0.15) is 0 Å². The predicted molar refractivity (Wildman–Crippen MR) is 140 cm³/mol. The third kappa shape index (κ3) is 5.08. The normalized spacial score (nSPS) is 19.1. The van der Waals surface area contributed by atoms with Crippen molar-refractivity contribution >= 4 is 38.2 Å². The van der Waals surface area contributed by atoms with E-state index in [1.165, 1.54) is 49.7 Å². The fourth-order valence-corrected chi connectivity index (χ4v) is 7.10. The van der Waals surface area contributed by atoms with Crippen molar-refractivity contribution in [2.45, 2.75) is 50.1 Å². The molecule has 0 bridgehead atoms. The van der Waals surface area contributed by atoms with Gasteiger partial charge in [0.2, 0.25) is 10.0 Å². The molecule has 2 aliphatic rings. The minimum atomic E-state index is -3.60. The monoisotopic (exact) mass is 534 g/mol. The minimum Gasteiger partial charge on any atom is -0.378 e. The number of ether oxygens (including phenoxy) is 1. The predicted octanol–water partition coefficient (Wildman–Crippen LogP) is 2.88. The molecule has 0 saturated carbocycles. The van der Waals surface area contributed by atoms with Crippen LogP contribution < -0.4 is 10.6 Å². The Hall–Kier alpha value is -2.31. The standard InChI is InChI=1S/C25H34N4O5S2/c1-24(2)15-18-19(23(31)29-11-13-34-14-12-29)22(35-20(18)25(3,4)27-24)26-21(30)16-7-9-17(10-8-16)36(32,33)28(5)6/h7-10,27H,11-15H2,1-6H3,(H,26,30). The van der Waals surface area contributed by atoms with Crippen molar-refractivity contribution in [3.63, 3.8) is 0 Å². The number of hydrogen-bond donors (Lipinski definition) is 2. The zero-order chi connectivity index (χ0) is 26.5. The van der Waals surface area contributed by atoms with E-state index in [2.05, 4.69) is 38.3 Å². The number of carbonyl (C=O) groups excluding carboxylic acids is 2. The molecule has 0 atom stereocenters. The second kappa shape index (κ2) is 9.53. The summed E-state index contributed by atoms with van der Waals surface area (Å²) in [5, 5.41) is 7.13. The molecule has 196 valence electrons. The Morgan fingerprint density at radius 1 is 1.08 bits per heavy atom. The number of morpholine rings is 1. The van der Waals surface area contributed by atoms with Crippen LogP contribution in [0.25, 0.3) is 0 Å². The van der Waals surface area contributed by atoms with E-state index in [1.54, 1.807) is 4.90 Å². The summed E-state index contributed by atoms with van der Waals surface area (Å²) >= 11 is 1.42. The molecular formula is C25H34N4O5S2. The number of thiophene rings is 1. The SMILES string of the molecule is CN(C)S(=O)(=O)c1ccc(C(=O)Nc2sc3c(c2C(=O)N2CCOCC2)CC(C)(C)NC3(C)C)cc1. The molecule has 11 heteroatoms. The molecule has 1 saturated heterocycles. The summed E-state index contributed by atoms with van der Waals surface area (Å²) in [5.41, 5.74) is 1.20. The number of nitrogens with zero attached hydrogens (tertiary/aromatic N) is 2. The van der Waals surface area contributed by atoms with Crippen molar-refractivity contribution in [1.82, 2.24) is 14.5 Å². The Morgan fingerprint density at radius 2 is 1.69 bits per heavy atom. The molecule has 9 nitrogen and oxygen atoms in total. The Bertz CT molecular complexity index is 1270. The molecule has 1 fully saturated rings. The van der Waals surface area contributed by atoms with E-state index >= 15 is 0 Å². The molecule has 0 aliphatic carbocycles. The number of anilines is 1. The van der Waals surface area contributed by atoms with E-state index in [4.69, 9.17) is 4.74 Å². The van der Waals surface area contributed by atoms with Gasteiger partial charge in [-0.05, 0) is 63.9 Å². The first-order valence-corrected chi connectivity index (χ1v) is 14.1. The summed E-state index contributed by atoms with van der Waals surface area (Å²) < 4.78 is 31.3. The molecule has 1 aromatic heterocycles. The smallest absolute Gasteiger partial charge is 0.257 e. The first-order chi connectivity index (χ1) is 16.7. The molecule has 3 heterocycles. The Balaban J connectivity index is 1.71. The zero-order valence-electron chi connectivity index (χ0n) is 21.6. The van der Waals surface area contributed by atoms with Gasteiger partial charge in [0, 0.05) is 48.7 Å². The van der Waals surface area contributed by atoms with Crippen molar-refractivity contribution < 1.29 is 22.7 Å². The van der Waals surface area contributed by atoms with Crippen LogP contribution in [-0.2, 0) is 26.7 Å². The minimum absolute atomic E-state index is 0.105. The fraction of sp³-hybridized carbons (Fsp3) is 0.520. The molecule has 2 N–H and O–H groups in total. The van der Waals surface area contributed by atoms with Gasteiger partial charge >= 0.3 is 0 Å². The molecule has 36 heavy (non-hydrogen) atoms. The van der Waals surface area contributed by atoms with Crippen LogP contribution in [0.1, 0.15) is 58.9 Å². The van der Waals surface area contributed by atoms with Crippen LogP contribution >= 0.6 is 11.3 Å². The maximum atomic E-state index is 13.7. The fourth-order valence-electron chi connectivity index (χ4n) is 4.93. The third-order valence-corrected chi connectivity index (χ3v) is 9.78. The molecule has 2 amide bonds. The van der Waals surface area contributed by atoms with Crippen LogP contribution in [0.5, 0.6) is 0 Å². The molecular weight excluding hydrogens is 500 g/mol. The number of carbonyl (C=O) groups is 2. The van der Waals surface area contributed by atoms with Crippen molar-refractivity contribution in [2.24, 2.45) is 0 Å². The average Bonchev–Trinajstić information content (AvgIpc) is 3.16. The zero-order valence-corrected chi connectivity index (χ0v) is 23.2. The van der Waals surface area contributed by atoms with Crippen LogP contribution in [0.15, 0.2) is 29.2 Å². The lowest BCUT2D eigenvalue weighted by atomic mass is 9.81. The number of sulfonamides is 1. The number of fused-ring (bicyclic) bond motifs is 1. The van der Waals surface area contributed by atoms with Crippen LogP contribution in [-0.4, -0.2) is 75.4 Å². The first kappa shape index (κ1) is 26.7. The van der Waals surface area contributed by atoms with E-state index in [1.807, 2.05) is 0 Å². The summed E-state index contributed by atoms with van der Waals surface area (Å²) in [6, 6.07) is 5.80. The van der Waals surface area contributed by atoms with Gasteiger partial charge in [0.15, 0.2) is 0 Å². The van der Waals surface area contributed by atoms with E-state index in [0.29, 0.717) is 48.9 Å². The lowest BCUT2D eigenvalue weighted by Gasteiger charge is -2.42. The van der Waals surface area contributed by atoms with Crippen molar-refractivity contribution in [3.8, 4) is 0 Å². The first-order valence-electron chi connectivity index (χ1n) is 11.9. The van der Waals surface area contributed by atoms with Crippen LogP contribution in [0, 0.1) is 0 Å². The number of amides is 2. The second-order valence-electron chi connectivity index (χ2n) is 10.6. The number of benzene rings is 1. The van der Waals surface area contributed by atoms with Crippen LogP contribution in [0.4, 0.5) is 5.00 Å². The Morgan fingerprint density at radius 3 is 2.28 bits per heavy atom. The van der Waals surface area contributed by atoms with E-state index in [0.717, 1.165) is 14.7 Å². The van der Waals surface area contributed by atoms with E-state index < -0.39 is 15.9 Å². The number of hydrogen-bond acceptors (Lipinski definition) is 7. The highest BCUT2D eigenvalue weighted by molar-refractivity contribution is 7.89.